The van der Waals surface area contributed by atoms with Gasteiger partial charge in [-0.2, -0.15) is 13.2 Å². The molecule has 4 rings (SSSR count). The Morgan fingerprint density at radius 2 is 1.75 bits per heavy atom. The number of nitrogens with one attached hydrogen (secondary N) is 1. The van der Waals surface area contributed by atoms with Crippen LogP contribution in [0.3, 0.4) is 0 Å². The Hall–Kier alpha value is -3.66. The molecule has 0 unspecified atom stereocenters. The number of amides is 2. The summed E-state index contributed by atoms with van der Waals surface area (Å²) in [6, 6.07) is 17.4. The minimum atomic E-state index is -4.54. The summed E-state index contributed by atoms with van der Waals surface area (Å²) >= 11 is 1.09. The number of aryl methyl sites for hydroxylation is 1. The number of thioether (sulfide) groups is 1. The van der Waals surface area contributed by atoms with E-state index in [-0.39, 0.29) is 24.6 Å². The van der Waals surface area contributed by atoms with Crippen LogP contribution >= 0.6 is 11.8 Å². The molecule has 0 spiro atoms. The molecular formula is C26H21F4N3O2S. The highest BCUT2D eigenvalue weighted by molar-refractivity contribution is 8.15. The minimum Gasteiger partial charge on any atom is -0.326 e. The molecule has 1 fully saturated rings. The third-order valence-electron chi connectivity index (χ3n) is 5.38. The Labute approximate surface area is 209 Å². The van der Waals surface area contributed by atoms with E-state index < -0.39 is 28.7 Å². The maximum Gasteiger partial charge on any atom is 0.416 e. The van der Waals surface area contributed by atoms with Crippen molar-refractivity contribution in [3.63, 3.8) is 0 Å². The maximum atomic E-state index is 13.3. The number of hydrogen-bond donors (Lipinski definition) is 1. The summed E-state index contributed by atoms with van der Waals surface area (Å²) in [6.45, 7) is 2.17. The van der Waals surface area contributed by atoms with Gasteiger partial charge in [-0.15, -0.1) is 0 Å². The van der Waals surface area contributed by atoms with E-state index in [0.29, 0.717) is 10.9 Å². The van der Waals surface area contributed by atoms with E-state index in [0.717, 1.165) is 35.0 Å². The average Bonchev–Trinajstić information content (AvgIpc) is 3.10. The first kappa shape index (κ1) is 25.4. The summed E-state index contributed by atoms with van der Waals surface area (Å²) in [6.07, 6.45) is -4.80. The Morgan fingerprint density at radius 1 is 1.06 bits per heavy atom. The Bertz CT molecular complexity index is 1290. The number of aliphatic imine (C=N–C) groups is 1. The van der Waals surface area contributed by atoms with Crippen molar-refractivity contribution in [2.75, 3.05) is 5.32 Å². The molecule has 0 radical (unpaired) electrons. The van der Waals surface area contributed by atoms with Crippen molar-refractivity contribution in [3.05, 3.63) is 95.3 Å². The highest BCUT2D eigenvalue weighted by Crippen LogP contribution is 2.34. The van der Waals surface area contributed by atoms with Gasteiger partial charge in [0.15, 0.2) is 5.17 Å². The van der Waals surface area contributed by atoms with Crippen LogP contribution in [0.5, 0.6) is 0 Å². The van der Waals surface area contributed by atoms with E-state index >= 15 is 0 Å². The van der Waals surface area contributed by atoms with Crippen molar-refractivity contribution in [2.45, 2.75) is 31.3 Å². The molecule has 0 bridgehead atoms. The molecule has 36 heavy (non-hydrogen) atoms. The van der Waals surface area contributed by atoms with Gasteiger partial charge in [0.1, 0.15) is 11.1 Å². The summed E-state index contributed by atoms with van der Waals surface area (Å²) in [7, 11) is 0. The number of carbonyl (C=O) groups is 2. The molecule has 0 aliphatic carbocycles. The Kier molecular flexibility index (Phi) is 7.44. The Balaban J connectivity index is 1.53. The zero-order valence-corrected chi connectivity index (χ0v) is 19.9. The van der Waals surface area contributed by atoms with Crippen LogP contribution in [-0.2, 0) is 22.3 Å². The molecule has 1 saturated heterocycles. The van der Waals surface area contributed by atoms with Crippen LogP contribution in [0.15, 0.2) is 77.8 Å². The van der Waals surface area contributed by atoms with Crippen molar-refractivity contribution < 1.29 is 27.2 Å². The molecule has 5 nitrogen and oxygen atoms in total. The van der Waals surface area contributed by atoms with Gasteiger partial charge in [0, 0.05) is 12.1 Å². The van der Waals surface area contributed by atoms with Crippen LogP contribution in [0.2, 0.25) is 0 Å². The van der Waals surface area contributed by atoms with Crippen molar-refractivity contribution >= 4 is 40.1 Å². The van der Waals surface area contributed by atoms with Crippen LogP contribution < -0.4 is 5.32 Å². The van der Waals surface area contributed by atoms with Gasteiger partial charge in [0.2, 0.25) is 11.8 Å². The molecule has 1 N–H and O–H groups in total. The third kappa shape index (κ3) is 6.31. The summed E-state index contributed by atoms with van der Waals surface area (Å²) in [5.41, 5.74) is 1.46. The standard InChI is InChI=1S/C26H21F4N3O2S/c1-16-5-7-17(8-6-16)15-33-24(35)22(36-25(33)32-20-11-9-19(27)10-12-20)14-23(34)31-21-4-2-3-18(13-21)26(28,29)30/h2-13,22H,14-15H2,1H3,(H,31,34)/t22-/m1/s1. The second-order valence-electron chi connectivity index (χ2n) is 8.22. The summed E-state index contributed by atoms with van der Waals surface area (Å²) < 4.78 is 52.2. The SMILES string of the molecule is Cc1ccc(CN2C(=O)[C@@H](CC(=O)Nc3cccc(C(F)(F)F)c3)SC2=Nc2ccc(F)cc2)cc1. The molecule has 2 amide bonds. The lowest BCUT2D eigenvalue weighted by Gasteiger charge is -2.17. The number of alkyl halides is 3. The van der Waals surface area contributed by atoms with Crippen LogP contribution in [0.1, 0.15) is 23.1 Å². The van der Waals surface area contributed by atoms with Crippen LogP contribution in [0, 0.1) is 12.7 Å². The van der Waals surface area contributed by atoms with Gasteiger partial charge < -0.3 is 5.32 Å². The second kappa shape index (κ2) is 10.5. The fourth-order valence-electron chi connectivity index (χ4n) is 3.53. The van der Waals surface area contributed by atoms with Gasteiger partial charge in [0.25, 0.3) is 0 Å². The van der Waals surface area contributed by atoms with E-state index in [1.54, 1.807) is 0 Å². The molecule has 1 heterocycles. The smallest absolute Gasteiger partial charge is 0.326 e. The second-order valence-corrected chi connectivity index (χ2v) is 9.39. The number of anilines is 1. The first-order chi connectivity index (χ1) is 17.1. The van der Waals surface area contributed by atoms with Gasteiger partial charge in [0.05, 0.1) is 17.8 Å². The monoisotopic (exact) mass is 515 g/mol. The predicted octanol–water partition coefficient (Wildman–Crippen LogP) is 6.31. The first-order valence-corrected chi connectivity index (χ1v) is 11.8. The van der Waals surface area contributed by atoms with E-state index in [1.807, 2.05) is 31.2 Å². The number of benzene rings is 3. The molecule has 186 valence electrons. The molecule has 0 saturated carbocycles. The minimum absolute atomic E-state index is 0.0121. The van der Waals surface area contributed by atoms with Crippen molar-refractivity contribution in [1.29, 1.82) is 0 Å². The van der Waals surface area contributed by atoms with Gasteiger partial charge in [-0.05, 0) is 55.0 Å². The van der Waals surface area contributed by atoms with E-state index in [2.05, 4.69) is 10.3 Å². The lowest BCUT2D eigenvalue weighted by atomic mass is 10.1. The summed E-state index contributed by atoms with van der Waals surface area (Å²) in [5.74, 6) is -1.37. The first-order valence-electron chi connectivity index (χ1n) is 10.9. The molecule has 1 atom stereocenters. The van der Waals surface area contributed by atoms with Gasteiger partial charge in [-0.3, -0.25) is 14.5 Å². The van der Waals surface area contributed by atoms with Gasteiger partial charge in [-0.1, -0.05) is 47.7 Å². The zero-order chi connectivity index (χ0) is 25.9. The fraction of sp³-hybridized carbons (Fsp3) is 0.192. The lowest BCUT2D eigenvalue weighted by Crippen LogP contribution is -2.33. The van der Waals surface area contributed by atoms with E-state index in [9.17, 15) is 27.2 Å². The quantitative estimate of drug-likeness (QED) is 0.391. The molecule has 3 aromatic rings. The molecular weight excluding hydrogens is 494 g/mol. The number of carbonyl (C=O) groups excluding carboxylic acids is 2. The number of hydrogen-bond acceptors (Lipinski definition) is 4. The van der Waals surface area contributed by atoms with Crippen molar-refractivity contribution in [2.24, 2.45) is 4.99 Å². The summed E-state index contributed by atoms with van der Waals surface area (Å²) in [5, 5.41) is 1.97. The summed E-state index contributed by atoms with van der Waals surface area (Å²) in [4.78, 5) is 31.8. The topological polar surface area (TPSA) is 61.8 Å². The number of amidine groups is 1. The van der Waals surface area contributed by atoms with Crippen molar-refractivity contribution in [3.8, 4) is 0 Å². The van der Waals surface area contributed by atoms with E-state index in [4.69, 9.17) is 0 Å². The lowest BCUT2D eigenvalue weighted by molar-refractivity contribution is -0.137. The van der Waals surface area contributed by atoms with Crippen LogP contribution in [0.4, 0.5) is 28.9 Å². The number of nitrogens with zero attached hydrogens (tertiary/aromatic N) is 2. The largest absolute Gasteiger partial charge is 0.416 e. The third-order valence-corrected chi connectivity index (χ3v) is 6.55. The van der Waals surface area contributed by atoms with Crippen LogP contribution in [0.25, 0.3) is 0 Å². The average molecular weight is 516 g/mol. The molecule has 10 heteroatoms. The fourth-order valence-corrected chi connectivity index (χ4v) is 4.68. The predicted molar refractivity (Wildman–Crippen MR) is 131 cm³/mol. The molecule has 1 aliphatic rings. The normalized spacial score (nSPS) is 17.0. The van der Waals surface area contributed by atoms with Gasteiger partial charge >= 0.3 is 6.18 Å². The molecule has 0 aromatic heterocycles. The van der Waals surface area contributed by atoms with Crippen LogP contribution in [-0.4, -0.2) is 27.1 Å². The van der Waals surface area contributed by atoms with E-state index in [1.165, 1.54) is 41.3 Å². The molecule has 3 aromatic carbocycles. The number of rotatable bonds is 6. The maximum absolute atomic E-state index is 13.3. The van der Waals surface area contributed by atoms with Crippen molar-refractivity contribution in [1.82, 2.24) is 4.90 Å². The highest BCUT2D eigenvalue weighted by Gasteiger charge is 2.39. The number of halogens is 4. The Morgan fingerprint density at radius 3 is 2.42 bits per heavy atom. The van der Waals surface area contributed by atoms with Gasteiger partial charge in [-0.25, -0.2) is 9.38 Å². The molecule has 1 aliphatic heterocycles. The zero-order valence-electron chi connectivity index (χ0n) is 19.1. The highest BCUT2D eigenvalue weighted by atomic mass is 32.2.